The minimum atomic E-state index is -2.75. The number of nitrogens with one attached hydrogen (secondary N) is 1. The van der Waals surface area contributed by atoms with Gasteiger partial charge in [-0.05, 0) is 288 Å². The zero-order valence-electron chi connectivity index (χ0n) is 81.2. The van der Waals surface area contributed by atoms with E-state index in [2.05, 4.69) is 231 Å². The molecule has 9 fully saturated rings. The Morgan fingerprint density at radius 1 is 0.366 bits per heavy atom. The zero-order chi connectivity index (χ0) is 87.7. The van der Waals surface area contributed by atoms with Crippen molar-refractivity contribution >= 4 is 35.1 Å². The lowest BCUT2D eigenvalue weighted by Crippen LogP contribution is -2.47. The molecule has 2 aromatic carbocycles. The highest BCUT2D eigenvalue weighted by atomic mass is 32.2. The third-order valence-corrected chi connectivity index (χ3v) is 25.2. The Morgan fingerprint density at radius 2 is 0.652 bits per heavy atom. The van der Waals surface area contributed by atoms with E-state index in [-0.39, 0.29) is 11.8 Å². The lowest BCUT2D eigenvalue weighted by Gasteiger charge is -2.38. The van der Waals surface area contributed by atoms with Crippen molar-refractivity contribution in [2.75, 3.05) is 160 Å². The van der Waals surface area contributed by atoms with Gasteiger partial charge in [0.25, 0.3) is 0 Å². The van der Waals surface area contributed by atoms with Gasteiger partial charge in [-0.2, -0.15) is 0 Å². The lowest BCUT2D eigenvalue weighted by molar-refractivity contribution is 0.111. The zero-order valence-corrected chi connectivity index (χ0v) is 83.6. The summed E-state index contributed by atoms with van der Waals surface area (Å²) in [5.41, 5.74) is 6.56. The van der Waals surface area contributed by atoms with Crippen molar-refractivity contribution in [3.8, 4) is 0 Å². The molecule has 16 nitrogen and oxygen atoms in total. The van der Waals surface area contributed by atoms with Crippen molar-refractivity contribution in [2.24, 2.45) is 5.92 Å². The van der Waals surface area contributed by atoms with E-state index in [4.69, 9.17) is 0 Å². The Hall–Kier alpha value is -2.08. The molecule has 0 spiro atoms. The van der Waals surface area contributed by atoms with Gasteiger partial charge in [-0.3, -0.25) is 34.1 Å². The van der Waals surface area contributed by atoms with Crippen LogP contribution >= 0.6 is 0 Å². The van der Waals surface area contributed by atoms with Crippen LogP contribution in [-0.4, -0.2) is 290 Å². The first-order valence-electron chi connectivity index (χ1n) is 45.8. The lowest BCUT2D eigenvalue weighted by atomic mass is 10.0. The molecule has 9 aliphatic heterocycles. The summed E-state index contributed by atoms with van der Waals surface area (Å²) in [6.45, 7) is 94.0. The van der Waals surface area contributed by atoms with Crippen molar-refractivity contribution in [2.45, 2.75) is 360 Å². The van der Waals surface area contributed by atoms with Gasteiger partial charge in [0.1, 0.15) is 11.8 Å². The van der Waals surface area contributed by atoms with E-state index in [9.17, 15) is 21.0 Å². The fraction of sp³-hybridized carbons (Fsp3) is 0.860. The first-order chi connectivity index (χ1) is 52.8. The number of piperazine rings is 1. The van der Waals surface area contributed by atoms with Crippen molar-refractivity contribution in [1.82, 2.24) is 54.5 Å². The van der Waals surface area contributed by atoms with Gasteiger partial charge in [0.15, 0.2) is 19.7 Å². The van der Waals surface area contributed by atoms with E-state index >= 15 is 0 Å². The normalized spacial score (nSPS) is 20.3. The summed E-state index contributed by atoms with van der Waals surface area (Å²) in [6.07, 6.45) is 14.4. The molecule has 0 radical (unpaired) electrons. The highest BCUT2D eigenvalue weighted by Crippen LogP contribution is 2.20. The maximum absolute atomic E-state index is 11.4. The Balaban J connectivity index is -0.000000272. The summed E-state index contributed by atoms with van der Waals surface area (Å²) in [5, 5.41) is 2.30. The predicted molar refractivity (Wildman–Crippen MR) is 509 cm³/mol. The van der Waals surface area contributed by atoms with Gasteiger partial charge >= 0.3 is 0 Å². The van der Waals surface area contributed by atoms with Gasteiger partial charge < -0.3 is 19.6 Å². The highest BCUT2D eigenvalue weighted by molar-refractivity contribution is 8.00. The van der Waals surface area contributed by atoms with Gasteiger partial charge in [-0.25, -0.2) is 21.8 Å². The molecule has 0 aliphatic carbocycles. The minimum Gasteiger partial charge on any atom is -0.304 e. The van der Waals surface area contributed by atoms with E-state index in [1.54, 1.807) is 0 Å². The van der Waals surface area contributed by atoms with Gasteiger partial charge in [-0.15, -0.1) is 0 Å². The molecule has 9 aliphatic rings. The van der Waals surface area contributed by atoms with E-state index < -0.39 is 29.2 Å². The van der Waals surface area contributed by atoms with E-state index in [1.165, 1.54) is 148 Å². The number of likely N-dealkylation sites (tertiary alicyclic amines) is 4. The monoisotopic (exact) mass is 1640 g/mol. The van der Waals surface area contributed by atoms with Gasteiger partial charge in [0, 0.05) is 131 Å². The smallest absolute Gasteiger partial charge is 0.164 e. The third-order valence-electron chi connectivity index (χ3n) is 20.2. The molecule has 9 heterocycles. The second kappa shape index (κ2) is 74.0. The summed E-state index contributed by atoms with van der Waals surface area (Å²) in [5.74, 6) is 7.34. The van der Waals surface area contributed by atoms with Crippen LogP contribution in [-0.2, 0) is 42.0 Å². The second-order valence-corrected chi connectivity index (χ2v) is 39.6. The molecule has 112 heavy (non-hydrogen) atoms. The fourth-order valence-corrected chi connectivity index (χ4v) is 17.0. The molecule has 0 aromatic heterocycles. The largest absolute Gasteiger partial charge is 0.304 e. The molecule has 1 unspecified atom stereocenters. The second-order valence-electron chi connectivity index (χ2n) is 32.5. The quantitative estimate of drug-likeness (QED) is 0.226. The maximum atomic E-state index is 11.4. The number of hydrazine groups is 1. The number of piperidine rings is 1. The SMILES string of the molecule is C=S1(=O)CCN(C(C)C)CC1.CC.CC.CC.CC.CC.CC.CC(C)(C)N1CCCCC1.CC(C)N1CCC1.CC(C)N1CCCC1.CC(C)N1CCCC1.CC(C)N1CCCS(=O)(=O)C1.CC(C)N1CCN(C)CC1.CC(C)N1CCS(=O)(=O)C1.CC1CNN(C(C)C)C1.CCc1ccccc1.CCc1ccccc1. The fourth-order valence-electron chi connectivity index (χ4n) is 12.5. The van der Waals surface area contributed by atoms with E-state index in [1.807, 2.05) is 133 Å². The topological polar surface area (TPSA) is 130 Å². The molecule has 2 aromatic rings. The van der Waals surface area contributed by atoms with Crippen molar-refractivity contribution in [1.29, 1.82) is 0 Å². The summed E-state index contributed by atoms with van der Waals surface area (Å²) in [4.78, 5) is 21.3. The number of sulfone groups is 2. The number of hydrogen-bond donors (Lipinski definition) is 1. The van der Waals surface area contributed by atoms with Crippen LogP contribution in [0.4, 0.5) is 0 Å². The predicted octanol–water partition coefficient (Wildman–Crippen LogP) is 19.5. The van der Waals surface area contributed by atoms with Crippen LogP contribution in [0, 0.1) is 5.92 Å². The van der Waals surface area contributed by atoms with Crippen LogP contribution in [0.25, 0.3) is 0 Å². The molecular formula is C93H197N11O5S3. The number of nitrogens with zero attached hydrogens (tertiary/aromatic N) is 10. The molecule has 11 rings (SSSR count). The molecule has 1 N–H and O–H groups in total. The summed E-state index contributed by atoms with van der Waals surface area (Å²) in [6, 6.07) is 25.9. The van der Waals surface area contributed by atoms with Crippen LogP contribution < -0.4 is 5.43 Å². The molecule has 0 amide bonds. The number of aryl methyl sites for hydroxylation is 2. The number of benzene rings is 2. The average molecular weight is 1650 g/mol. The summed E-state index contributed by atoms with van der Waals surface area (Å²) < 4.78 is 55.5. The molecule has 9 saturated heterocycles. The summed E-state index contributed by atoms with van der Waals surface area (Å²) >= 11 is 0. The van der Waals surface area contributed by atoms with Gasteiger partial charge in [0.05, 0.1) is 11.5 Å². The van der Waals surface area contributed by atoms with Crippen LogP contribution in [0.15, 0.2) is 60.7 Å². The Kier molecular flexibility index (Phi) is 79.8. The minimum absolute atomic E-state index is 0.255. The van der Waals surface area contributed by atoms with E-state index in [0.29, 0.717) is 47.8 Å². The van der Waals surface area contributed by atoms with Crippen LogP contribution in [0.3, 0.4) is 0 Å². The van der Waals surface area contributed by atoms with Gasteiger partial charge in [-0.1, -0.05) is 171 Å². The molecule has 0 bridgehead atoms. The third kappa shape index (κ3) is 64.9. The van der Waals surface area contributed by atoms with Crippen molar-refractivity contribution in [3.05, 3.63) is 71.8 Å². The Bertz CT molecular complexity index is 2560. The first-order valence-corrected chi connectivity index (χ1v) is 51.5. The highest BCUT2D eigenvalue weighted by Gasteiger charge is 2.28. The molecular weight excluding hydrogens is 1450 g/mol. The van der Waals surface area contributed by atoms with Crippen LogP contribution in [0.1, 0.15) is 304 Å². The van der Waals surface area contributed by atoms with Crippen molar-refractivity contribution < 1.29 is 21.0 Å². The van der Waals surface area contributed by atoms with Crippen LogP contribution in [0.2, 0.25) is 0 Å². The Morgan fingerprint density at radius 3 is 0.866 bits per heavy atom. The number of hydrogen-bond acceptors (Lipinski definition) is 16. The molecule has 0 saturated carbocycles. The van der Waals surface area contributed by atoms with E-state index in [0.717, 1.165) is 87.0 Å². The van der Waals surface area contributed by atoms with Crippen molar-refractivity contribution in [3.63, 3.8) is 0 Å². The molecule has 19 heteroatoms. The molecule has 672 valence electrons. The van der Waals surface area contributed by atoms with Crippen LogP contribution in [0.5, 0.6) is 0 Å². The standard InChI is InChI=1S/C9H19N.C8H18N2.C8H17NOS.2C8H10.C7H16N2.C7H15NO2S.2C7H15N.C6H13NO2S.C6H13N.6C2H6/c1-9(2,3)10-7-5-4-6-8-10;1-8(2)10-6-4-9(3)5-7-10;1-8(2)9-4-6-11(3,10)7-5-9;2*1-2-8-6-4-3-5-7-8;1-6(2)9-5-7(3)4-8-9;1-7(2)8-4-3-5-11(9,10)6-8;2*1-7(2)8-5-3-4-6-8;1-6(2)7-3-4-10(8,9)5-7;1-6(2)7-4-3-5-7;6*1-2/h4-8H2,1-3H3;8H,4-7H2,1-3H3;8H,3-7H2,1-2H3;2*3-7H,2H2,1H3;6-8H,4-5H2,1-3H3;7H,3-6H2,1-2H3;2*7H,3-6H2,1-2H3;6H,3-5H2,1-2H3;6H,3-5H2,1-2H3;6*1-2H3. The average Bonchev–Trinajstić information content (AvgIpc) is 1.23. The number of likely N-dealkylation sites (N-methyl/N-ethyl adjacent to an activating group) is 1. The Labute approximate surface area is 703 Å². The molecule has 1 atom stereocenters. The maximum Gasteiger partial charge on any atom is 0.164 e. The number of rotatable bonds is 10. The summed E-state index contributed by atoms with van der Waals surface area (Å²) in [7, 11) is -4.96. The van der Waals surface area contributed by atoms with Gasteiger partial charge in [0.2, 0.25) is 0 Å². The first kappa shape index (κ1) is 121.